The number of amides is 1. The molecule has 3 heterocycles. The molecule has 0 saturated carbocycles. The zero-order valence-electron chi connectivity index (χ0n) is 10.8. The van der Waals surface area contributed by atoms with Crippen LogP contribution >= 0.6 is 0 Å². The van der Waals surface area contributed by atoms with Gasteiger partial charge in [0.05, 0.1) is 18.2 Å². The van der Waals surface area contributed by atoms with Gasteiger partial charge >= 0.3 is 0 Å². The quantitative estimate of drug-likeness (QED) is 0.831. The molecule has 1 aromatic carbocycles. The van der Waals surface area contributed by atoms with Gasteiger partial charge in [0.25, 0.3) is 0 Å². The first kappa shape index (κ1) is 11.3. The second kappa shape index (κ2) is 4.23. The molecule has 1 amide bonds. The highest BCUT2D eigenvalue weighted by atomic mass is 16.5. The first-order valence-electron chi connectivity index (χ1n) is 7.12. The van der Waals surface area contributed by atoms with Crippen LogP contribution in [0.1, 0.15) is 19.3 Å². The molecule has 3 atom stereocenters. The van der Waals surface area contributed by atoms with Crippen molar-refractivity contribution in [2.45, 2.75) is 31.3 Å². The third kappa shape index (κ3) is 1.74. The van der Waals surface area contributed by atoms with E-state index in [0.29, 0.717) is 25.2 Å². The number of ether oxygens (including phenoxy) is 1. The number of anilines is 1. The van der Waals surface area contributed by atoms with Crippen LogP contribution in [0.15, 0.2) is 24.3 Å². The van der Waals surface area contributed by atoms with E-state index in [9.17, 15) is 4.79 Å². The van der Waals surface area contributed by atoms with Gasteiger partial charge in [-0.3, -0.25) is 4.79 Å². The highest BCUT2D eigenvalue weighted by molar-refractivity contribution is 5.97. The zero-order valence-corrected chi connectivity index (χ0v) is 10.8. The molecule has 4 heteroatoms. The van der Waals surface area contributed by atoms with Crippen LogP contribution in [-0.4, -0.2) is 31.1 Å². The van der Waals surface area contributed by atoms with Crippen LogP contribution in [0.3, 0.4) is 0 Å². The van der Waals surface area contributed by atoms with Crippen molar-refractivity contribution in [1.82, 2.24) is 5.32 Å². The Morgan fingerprint density at radius 2 is 2.21 bits per heavy atom. The normalized spacial score (nSPS) is 32.0. The van der Waals surface area contributed by atoms with Crippen molar-refractivity contribution >= 4 is 11.6 Å². The Balaban J connectivity index is 1.61. The number of carbonyl (C=O) groups excluding carboxylic acids is 1. The van der Waals surface area contributed by atoms with Crippen LogP contribution in [0.5, 0.6) is 5.75 Å². The highest BCUT2D eigenvalue weighted by Crippen LogP contribution is 2.38. The summed E-state index contributed by atoms with van der Waals surface area (Å²) in [6.07, 6.45) is 3.38. The maximum Gasteiger partial charge on any atom is 0.231 e. The third-order valence-electron chi connectivity index (χ3n) is 4.61. The molecule has 0 aliphatic carbocycles. The van der Waals surface area contributed by atoms with Crippen LogP contribution in [0.2, 0.25) is 0 Å². The van der Waals surface area contributed by atoms with E-state index in [2.05, 4.69) is 5.32 Å². The van der Waals surface area contributed by atoms with E-state index in [1.165, 1.54) is 6.42 Å². The lowest BCUT2D eigenvalue weighted by atomic mass is 9.88. The summed E-state index contributed by atoms with van der Waals surface area (Å²) < 4.78 is 5.62. The highest BCUT2D eigenvalue weighted by Gasteiger charge is 2.44. The fourth-order valence-corrected chi connectivity index (χ4v) is 3.70. The van der Waals surface area contributed by atoms with E-state index >= 15 is 0 Å². The lowest BCUT2D eigenvalue weighted by Crippen LogP contribution is -2.44. The molecule has 3 unspecified atom stereocenters. The number of hydrogen-bond acceptors (Lipinski definition) is 3. The molecular weight excluding hydrogens is 240 g/mol. The van der Waals surface area contributed by atoms with Gasteiger partial charge < -0.3 is 15.0 Å². The Bertz CT molecular complexity index is 517. The predicted molar refractivity (Wildman–Crippen MR) is 72.3 cm³/mol. The number of benzene rings is 1. The van der Waals surface area contributed by atoms with Gasteiger partial charge in [0.15, 0.2) is 0 Å². The minimum Gasteiger partial charge on any atom is -0.490 e. The molecule has 0 spiro atoms. The van der Waals surface area contributed by atoms with E-state index in [1.54, 1.807) is 0 Å². The Hall–Kier alpha value is -1.55. The molecule has 1 aromatic rings. The first-order valence-corrected chi connectivity index (χ1v) is 7.12. The van der Waals surface area contributed by atoms with Gasteiger partial charge in [-0.05, 0) is 31.4 Å². The SMILES string of the molecule is O=C(C1CC2CCC1N2)N1CCOc2ccccc21. The molecule has 19 heavy (non-hydrogen) atoms. The Morgan fingerprint density at radius 1 is 1.32 bits per heavy atom. The maximum atomic E-state index is 12.8. The third-order valence-corrected chi connectivity index (χ3v) is 4.61. The summed E-state index contributed by atoms with van der Waals surface area (Å²) in [6.45, 7) is 1.26. The zero-order chi connectivity index (χ0) is 12.8. The molecule has 100 valence electrons. The molecular formula is C15H18N2O2. The summed E-state index contributed by atoms with van der Waals surface area (Å²) >= 11 is 0. The minimum absolute atomic E-state index is 0.157. The summed E-state index contributed by atoms with van der Waals surface area (Å²) in [5, 5.41) is 3.54. The van der Waals surface area contributed by atoms with E-state index in [4.69, 9.17) is 4.74 Å². The van der Waals surface area contributed by atoms with Crippen molar-refractivity contribution in [3.63, 3.8) is 0 Å². The molecule has 4 nitrogen and oxygen atoms in total. The van der Waals surface area contributed by atoms with Crippen molar-refractivity contribution in [3.05, 3.63) is 24.3 Å². The lowest BCUT2D eigenvalue weighted by molar-refractivity contribution is -0.123. The largest absolute Gasteiger partial charge is 0.490 e. The van der Waals surface area contributed by atoms with E-state index in [-0.39, 0.29) is 11.8 Å². The van der Waals surface area contributed by atoms with Crippen LogP contribution < -0.4 is 15.0 Å². The van der Waals surface area contributed by atoms with E-state index < -0.39 is 0 Å². The van der Waals surface area contributed by atoms with Crippen LogP contribution in [0.4, 0.5) is 5.69 Å². The summed E-state index contributed by atoms with van der Waals surface area (Å²) in [7, 11) is 0. The van der Waals surface area contributed by atoms with E-state index in [0.717, 1.165) is 24.3 Å². The second-order valence-electron chi connectivity index (χ2n) is 5.70. The molecule has 4 rings (SSSR count). The average molecular weight is 258 g/mol. The van der Waals surface area contributed by atoms with Gasteiger partial charge in [0, 0.05) is 12.1 Å². The van der Waals surface area contributed by atoms with Gasteiger partial charge in [0.1, 0.15) is 12.4 Å². The smallest absolute Gasteiger partial charge is 0.231 e. The van der Waals surface area contributed by atoms with Crippen LogP contribution in [0.25, 0.3) is 0 Å². The second-order valence-corrected chi connectivity index (χ2v) is 5.70. The maximum absolute atomic E-state index is 12.8. The molecule has 2 fully saturated rings. The number of hydrogen-bond donors (Lipinski definition) is 1. The van der Waals surface area contributed by atoms with Gasteiger partial charge in [-0.2, -0.15) is 0 Å². The summed E-state index contributed by atoms with van der Waals surface area (Å²) in [5.74, 6) is 1.26. The summed E-state index contributed by atoms with van der Waals surface area (Å²) in [5.41, 5.74) is 0.932. The standard InChI is InChI=1S/C15H18N2O2/c18-15(11-9-10-5-6-12(11)16-10)17-7-8-19-14-4-2-1-3-13(14)17/h1-4,10-12,16H,5-9H2. The Kier molecular flexibility index (Phi) is 2.52. The van der Waals surface area contributed by atoms with Crippen molar-refractivity contribution in [3.8, 4) is 5.75 Å². The van der Waals surface area contributed by atoms with E-state index in [1.807, 2.05) is 29.2 Å². The number of fused-ring (bicyclic) bond motifs is 3. The summed E-state index contributed by atoms with van der Waals surface area (Å²) in [6, 6.07) is 8.79. The summed E-state index contributed by atoms with van der Waals surface area (Å²) in [4.78, 5) is 14.7. The van der Waals surface area contributed by atoms with Gasteiger partial charge in [-0.1, -0.05) is 12.1 Å². The monoisotopic (exact) mass is 258 g/mol. The topological polar surface area (TPSA) is 41.6 Å². The first-order chi connectivity index (χ1) is 9.33. The van der Waals surface area contributed by atoms with Gasteiger partial charge in [0.2, 0.25) is 5.91 Å². The van der Waals surface area contributed by atoms with Crippen LogP contribution in [-0.2, 0) is 4.79 Å². The molecule has 0 aromatic heterocycles. The molecule has 1 N–H and O–H groups in total. The van der Waals surface area contributed by atoms with Crippen LogP contribution in [0, 0.1) is 5.92 Å². The number of rotatable bonds is 1. The number of nitrogens with one attached hydrogen (secondary N) is 1. The minimum atomic E-state index is 0.157. The fraction of sp³-hybridized carbons (Fsp3) is 0.533. The number of para-hydroxylation sites is 2. The number of carbonyl (C=O) groups is 1. The molecule has 0 radical (unpaired) electrons. The number of nitrogens with zero attached hydrogens (tertiary/aromatic N) is 1. The molecule has 3 aliphatic heterocycles. The molecule has 3 aliphatic rings. The molecule has 2 saturated heterocycles. The van der Waals surface area contributed by atoms with Crippen molar-refractivity contribution in [2.75, 3.05) is 18.1 Å². The predicted octanol–water partition coefficient (Wildman–Crippen LogP) is 1.55. The molecule has 2 bridgehead atoms. The fourth-order valence-electron chi connectivity index (χ4n) is 3.70. The van der Waals surface area contributed by atoms with Crippen molar-refractivity contribution in [2.24, 2.45) is 5.92 Å². The Morgan fingerprint density at radius 3 is 3.00 bits per heavy atom. The van der Waals surface area contributed by atoms with Crippen molar-refractivity contribution in [1.29, 1.82) is 0 Å². The van der Waals surface area contributed by atoms with Gasteiger partial charge in [-0.25, -0.2) is 0 Å². The average Bonchev–Trinajstić information content (AvgIpc) is 3.08. The Labute approximate surface area is 112 Å². The van der Waals surface area contributed by atoms with Crippen molar-refractivity contribution < 1.29 is 9.53 Å². The van der Waals surface area contributed by atoms with Gasteiger partial charge in [-0.15, -0.1) is 0 Å². The lowest BCUT2D eigenvalue weighted by Gasteiger charge is -2.33.